The summed E-state index contributed by atoms with van der Waals surface area (Å²) < 4.78 is 2.13. The number of amides is 1. The van der Waals surface area contributed by atoms with Gasteiger partial charge in [-0.2, -0.15) is 0 Å². The SMILES string of the molecule is Cn1cc2ccccc2c1-c1ccc(NC(=O)c2cccnc2)cc1. The predicted molar refractivity (Wildman–Crippen MR) is 101 cm³/mol. The van der Waals surface area contributed by atoms with E-state index in [0.29, 0.717) is 5.56 Å². The first kappa shape index (κ1) is 15.1. The number of benzene rings is 2. The Balaban J connectivity index is 1.62. The number of hydrogen-bond donors (Lipinski definition) is 1. The summed E-state index contributed by atoms with van der Waals surface area (Å²) in [5.74, 6) is -0.162. The minimum atomic E-state index is -0.162. The average Bonchev–Trinajstić information content (AvgIpc) is 2.99. The summed E-state index contributed by atoms with van der Waals surface area (Å²) in [6.07, 6.45) is 5.33. The van der Waals surface area contributed by atoms with Crippen molar-refractivity contribution >= 4 is 22.4 Å². The van der Waals surface area contributed by atoms with Crippen molar-refractivity contribution in [1.29, 1.82) is 0 Å². The molecule has 0 aliphatic heterocycles. The zero-order valence-corrected chi connectivity index (χ0v) is 13.8. The van der Waals surface area contributed by atoms with Gasteiger partial charge in [0.15, 0.2) is 0 Å². The molecule has 0 atom stereocenters. The van der Waals surface area contributed by atoms with Gasteiger partial charge in [0, 0.05) is 36.7 Å². The molecule has 122 valence electrons. The van der Waals surface area contributed by atoms with Crippen LogP contribution in [0.2, 0.25) is 0 Å². The zero-order chi connectivity index (χ0) is 17.2. The van der Waals surface area contributed by atoms with Gasteiger partial charge in [0.1, 0.15) is 0 Å². The number of aryl methyl sites for hydroxylation is 1. The van der Waals surface area contributed by atoms with Crippen LogP contribution in [0.3, 0.4) is 0 Å². The minimum absolute atomic E-state index is 0.162. The lowest BCUT2D eigenvalue weighted by Gasteiger charge is -2.08. The van der Waals surface area contributed by atoms with Crippen molar-refractivity contribution in [2.75, 3.05) is 5.32 Å². The third-order valence-corrected chi connectivity index (χ3v) is 4.24. The van der Waals surface area contributed by atoms with E-state index in [4.69, 9.17) is 0 Å². The Morgan fingerprint density at radius 3 is 2.56 bits per heavy atom. The Labute approximate surface area is 145 Å². The monoisotopic (exact) mass is 327 g/mol. The van der Waals surface area contributed by atoms with Gasteiger partial charge >= 0.3 is 0 Å². The van der Waals surface area contributed by atoms with E-state index in [1.54, 1.807) is 24.5 Å². The summed E-state index contributed by atoms with van der Waals surface area (Å²) in [5, 5.41) is 5.33. The van der Waals surface area contributed by atoms with Crippen molar-refractivity contribution in [2.24, 2.45) is 7.05 Å². The molecule has 0 spiro atoms. The fraction of sp³-hybridized carbons (Fsp3) is 0.0476. The first-order valence-corrected chi connectivity index (χ1v) is 8.08. The first-order valence-electron chi connectivity index (χ1n) is 8.08. The standard InChI is InChI=1S/C21H17N3O/c1-24-14-17-5-2-3-7-19(17)20(24)15-8-10-18(11-9-15)23-21(25)16-6-4-12-22-13-16/h2-14H,1H3,(H,23,25). The predicted octanol–water partition coefficient (Wildman–Crippen LogP) is 4.49. The number of fused-ring (bicyclic) bond motifs is 1. The van der Waals surface area contributed by atoms with E-state index < -0.39 is 0 Å². The third kappa shape index (κ3) is 2.90. The van der Waals surface area contributed by atoms with Crippen LogP contribution in [0.25, 0.3) is 22.0 Å². The molecule has 4 heteroatoms. The Kier molecular flexibility index (Phi) is 3.78. The van der Waals surface area contributed by atoms with E-state index in [-0.39, 0.29) is 5.91 Å². The summed E-state index contributed by atoms with van der Waals surface area (Å²) in [6.45, 7) is 0. The van der Waals surface area contributed by atoms with Crippen LogP contribution >= 0.6 is 0 Å². The van der Waals surface area contributed by atoms with E-state index in [9.17, 15) is 4.79 Å². The highest BCUT2D eigenvalue weighted by Gasteiger charge is 2.10. The van der Waals surface area contributed by atoms with E-state index in [2.05, 4.69) is 33.2 Å². The normalized spacial score (nSPS) is 10.8. The second-order valence-corrected chi connectivity index (χ2v) is 5.95. The molecule has 2 heterocycles. The lowest BCUT2D eigenvalue weighted by atomic mass is 10.1. The maximum atomic E-state index is 12.2. The average molecular weight is 327 g/mol. The van der Waals surface area contributed by atoms with Gasteiger partial charge in [-0.25, -0.2) is 0 Å². The van der Waals surface area contributed by atoms with Crippen LogP contribution in [-0.4, -0.2) is 15.5 Å². The number of aromatic nitrogens is 2. The van der Waals surface area contributed by atoms with Crippen LogP contribution in [0.1, 0.15) is 10.4 Å². The van der Waals surface area contributed by atoms with Crippen LogP contribution in [-0.2, 0) is 7.05 Å². The topological polar surface area (TPSA) is 46.9 Å². The van der Waals surface area contributed by atoms with Gasteiger partial charge in [-0.1, -0.05) is 36.4 Å². The Bertz CT molecular complexity index is 1030. The lowest BCUT2D eigenvalue weighted by molar-refractivity contribution is 0.102. The fourth-order valence-corrected chi connectivity index (χ4v) is 3.06. The van der Waals surface area contributed by atoms with Crippen molar-refractivity contribution in [3.8, 4) is 11.3 Å². The van der Waals surface area contributed by atoms with E-state index in [1.807, 2.05) is 43.4 Å². The number of carbonyl (C=O) groups excluding carboxylic acids is 1. The number of anilines is 1. The summed E-state index contributed by atoms with van der Waals surface area (Å²) in [4.78, 5) is 16.2. The van der Waals surface area contributed by atoms with Crippen LogP contribution in [0, 0.1) is 0 Å². The molecule has 25 heavy (non-hydrogen) atoms. The molecule has 1 N–H and O–H groups in total. The molecule has 0 fully saturated rings. The number of nitrogens with zero attached hydrogens (tertiary/aromatic N) is 2. The molecule has 0 bridgehead atoms. The molecule has 0 unspecified atom stereocenters. The molecular weight excluding hydrogens is 310 g/mol. The molecular formula is C21H17N3O. The van der Waals surface area contributed by atoms with Crippen molar-refractivity contribution in [1.82, 2.24) is 9.55 Å². The lowest BCUT2D eigenvalue weighted by Crippen LogP contribution is -2.11. The third-order valence-electron chi connectivity index (χ3n) is 4.24. The van der Waals surface area contributed by atoms with Gasteiger partial charge in [0.2, 0.25) is 0 Å². The van der Waals surface area contributed by atoms with Gasteiger partial charge < -0.3 is 9.88 Å². The maximum absolute atomic E-state index is 12.2. The summed E-state index contributed by atoms with van der Waals surface area (Å²) >= 11 is 0. The first-order chi connectivity index (χ1) is 12.2. The molecule has 4 aromatic rings. The molecule has 4 nitrogen and oxygen atoms in total. The molecule has 0 saturated heterocycles. The number of rotatable bonds is 3. The summed E-state index contributed by atoms with van der Waals surface area (Å²) in [5.41, 5.74) is 3.58. The Morgan fingerprint density at radius 1 is 1.00 bits per heavy atom. The zero-order valence-electron chi connectivity index (χ0n) is 13.8. The van der Waals surface area contributed by atoms with E-state index in [1.165, 1.54) is 16.5 Å². The number of hydrogen-bond acceptors (Lipinski definition) is 2. The van der Waals surface area contributed by atoms with Crippen LogP contribution < -0.4 is 5.32 Å². The fourth-order valence-electron chi connectivity index (χ4n) is 3.06. The molecule has 2 aromatic heterocycles. The summed E-state index contributed by atoms with van der Waals surface area (Å²) in [7, 11) is 2.05. The Hall–Kier alpha value is -3.40. The quantitative estimate of drug-likeness (QED) is 0.602. The van der Waals surface area contributed by atoms with Crippen molar-refractivity contribution in [3.63, 3.8) is 0 Å². The van der Waals surface area contributed by atoms with Crippen LogP contribution in [0.5, 0.6) is 0 Å². The van der Waals surface area contributed by atoms with Crippen LogP contribution in [0.15, 0.2) is 79.3 Å². The Morgan fingerprint density at radius 2 is 1.80 bits per heavy atom. The molecule has 0 saturated carbocycles. The van der Waals surface area contributed by atoms with E-state index >= 15 is 0 Å². The van der Waals surface area contributed by atoms with E-state index in [0.717, 1.165) is 11.3 Å². The number of carbonyl (C=O) groups is 1. The van der Waals surface area contributed by atoms with Gasteiger partial charge in [0.25, 0.3) is 5.91 Å². The minimum Gasteiger partial charge on any atom is -0.349 e. The smallest absolute Gasteiger partial charge is 0.257 e. The second kappa shape index (κ2) is 6.24. The van der Waals surface area contributed by atoms with Crippen molar-refractivity contribution in [3.05, 3.63) is 84.8 Å². The second-order valence-electron chi connectivity index (χ2n) is 5.95. The molecule has 4 rings (SSSR count). The largest absolute Gasteiger partial charge is 0.349 e. The number of nitrogens with one attached hydrogen (secondary N) is 1. The molecule has 0 radical (unpaired) electrons. The molecule has 0 aliphatic carbocycles. The summed E-state index contributed by atoms with van der Waals surface area (Å²) in [6, 6.07) is 19.7. The van der Waals surface area contributed by atoms with Gasteiger partial charge in [0.05, 0.1) is 11.3 Å². The van der Waals surface area contributed by atoms with Gasteiger partial charge in [-0.3, -0.25) is 9.78 Å². The molecule has 0 aliphatic rings. The maximum Gasteiger partial charge on any atom is 0.257 e. The van der Waals surface area contributed by atoms with Gasteiger partial charge in [-0.15, -0.1) is 0 Å². The molecule has 1 amide bonds. The van der Waals surface area contributed by atoms with Crippen molar-refractivity contribution < 1.29 is 4.79 Å². The highest BCUT2D eigenvalue weighted by molar-refractivity contribution is 6.04. The van der Waals surface area contributed by atoms with Gasteiger partial charge in [-0.05, 0) is 35.2 Å². The highest BCUT2D eigenvalue weighted by atomic mass is 16.1. The molecule has 2 aromatic carbocycles. The van der Waals surface area contributed by atoms with Crippen molar-refractivity contribution in [2.45, 2.75) is 0 Å². The number of pyridine rings is 1. The highest BCUT2D eigenvalue weighted by Crippen LogP contribution is 2.30. The van der Waals surface area contributed by atoms with Crippen LogP contribution in [0.4, 0.5) is 5.69 Å².